The summed E-state index contributed by atoms with van der Waals surface area (Å²) >= 11 is 0. The van der Waals surface area contributed by atoms with Crippen LogP contribution in [0.1, 0.15) is 21.5 Å². The zero-order chi connectivity index (χ0) is 17.9. The van der Waals surface area contributed by atoms with Crippen LogP contribution in [0.15, 0.2) is 36.4 Å². The highest BCUT2D eigenvalue weighted by Gasteiger charge is 2.24. The number of benzene rings is 2. The third kappa shape index (κ3) is 3.92. The summed E-state index contributed by atoms with van der Waals surface area (Å²) in [5.74, 6) is -5.89. The molecule has 0 aliphatic carbocycles. The van der Waals surface area contributed by atoms with Gasteiger partial charge < -0.3 is 11.1 Å². The number of carbonyl (C=O) groups is 2. The van der Waals surface area contributed by atoms with Crippen molar-refractivity contribution in [1.82, 2.24) is 5.32 Å². The fraction of sp³-hybridized carbons (Fsp3) is 0.176. The van der Waals surface area contributed by atoms with E-state index in [0.717, 1.165) is 11.1 Å². The highest BCUT2D eigenvalue weighted by molar-refractivity contribution is 5.97. The SMILES string of the molecule is Cc1ccccc1C[C@H](NC(=O)c1c(F)cc(F)cc1F)C(N)=O. The average Bonchev–Trinajstić information content (AvgIpc) is 2.47. The maximum atomic E-state index is 13.6. The molecule has 7 heteroatoms. The van der Waals surface area contributed by atoms with Crippen molar-refractivity contribution in [3.8, 4) is 0 Å². The number of rotatable bonds is 5. The molecular weight excluding hydrogens is 321 g/mol. The molecule has 0 heterocycles. The predicted molar refractivity (Wildman–Crippen MR) is 81.6 cm³/mol. The van der Waals surface area contributed by atoms with Crippen molar-refractivity contribution in [3.63, 3.8) is 0 Å². The summed E-state index contributed by atoms with van der Waals surface area (Å²) < 4.78 is 40.2. The van der Waals surface area contributed by atoms with Gasteiger partial charge in [0, 0.05) is 18.6 Å². The van der Waals surface area contributed by atoms with Crippen LogP contribution in [-0.2, 0) is 11.2 Å². The molecule has 0 fully saturated rings. The molecule has 0 unspecified atom stereocenters. The van der Waals surface area contributed by atoms with Crippen molar-refractivity contribution in [1.29, 1.82) is 0 Å². The van der Waals surface area contributed by atoms with E-state index in [1.165, 1.54) is 0 Å². The number of amides is 2. The zero-order valence-corrected chi connectivity index (χ0v) is 12.8. The van der Waals surface area contributed by atoms with Gasteiger partial charge in [-0.3, -0.25) is 9.59 Å². The Morgan fingerprint density at radius 2 is 1.71 bits per heavy atom. The average molecular weight is 336 g/mol. The van der Waals surface area contributed by atoms with Crippen LogP contribution < -0.4 is 11.1 Å². The van der Waals surface area contributed by atoms with Crippen LogP contribution in [0.3, 0.4) is 0 Å². The van der Waals surface area contributed by atoms with Crippen LogP contribution in [0.4, 0.5) is 13.2 Å². The van der Waals surface area contributed by atoms with Crippen molar-refractivity contribution >= 4 is 11.8 Å². The fourth-order valence-electron chi connectivity index (χ4n) is 2.27. The Labute approximate surface area is 136 Å². The molecule has 1 atom stereocenters. The lowest BCUT2D eigenvalue weighted by molar-refractivity contribution is -0.119. The summed E-state index contributed by atoms with van der Waals surface area (Å²) in [4.78, 5) is 23.6. The molecule has 2 amide bonds. The topological polar surface area (TPSA) is 72.2 Å². The van der Waals surface area contributed by atoms with Crippen LogP contribution >= 0.6 is 0 Å². The number of carbonyl (C=O) groups excluding carboxylic acids is 2. The standard InChI is InChI=1S/C17H15F3N2O2/c1-9-4-2-3-5-10(9)6-14(16(21)23)22-17(24)15-12(19)7-11(18)8-13(15)20/h2-5,7-8,14H,6H2,1H3,(H2,21,23)(H,22,24)/t14-/m0/s1. The first kappa shape index (κ1) is 17.5. The van der Waals surface area contributed by atoms with Crippen molar-refractivity contribution < 1.29 is 22.8 Å². The minimum Gasteiger partial charge on any atom is -0.368 e. The Kier molecular flexibility index (Phi) is 5.23. The molecule has 2 aromatic rings. The molecule has 0 bridgehead atoms. The van der Waals surface area contributed by atoms with E-state index in [9.17, 15) is 22.8 Å². The van der Waals surface area contributed by atoms with Crippen LogP contribution in [0.5, 0.6) is 0 Å². The number of primary amides is 1. The molecular formula is C17H15F3N2O2. The van der Waals surface area contributed by atoms with Crippen LogP contribution in [0.25, 0.3) is 0 Å². The van der Waals surface area contributed by atoms with Gasteiger partial charge in [0.25, 0.3) is 5.91 Å². The number of halogens is 3. The summed E-state index contributed by atoms with van der Waals surface area (Å²) in [7, 11) is 0. The van der Waals surface area contributed by atoms with Crippen molar-refractivity contribution in [3.05, 3.63) is 70.5 Å². The summed E-state index contributed by atoms with van der Waals surface area (Å²) in [6, 6.07) is 6.73. The smallest absolute Gasteiger partial charge is 0.257 e. The first-order valence-electron chi connectivity index (χ1n) is 7.09. The third-order valence-corrected chi connectivity index (χ3v) is 3.57. The van der Waals surface area contributed by atoms with E-state index in [1.807, 2.05) is 13.0 Å². The first-order valence-corrected chi connectivity index (χ1v) is 7.09. The molecule has 0 saturated heterocycles. The van der Waals surface area contributed by atoms with Gasteiger partial charge in [0.2, 0.25) is 5.91 Å². The maximum Gasteiger partial charge on any atom is 0.257 e. The van der Waals surface area contributed by atoms with Crippen LogP contribution in [0, 0.1) is 24.4 Å². The lowest BCUT2D eigenvalue weighted by atomic mass is 10.0. The highest BCUT2D eigenvalue weighted by Crippen LogP contribution is 2.16. The van der Waals surface area contributed by atoms with Gasteiger partial charge in [-0.1, -0.05) is 24.3 Å². The van der Waals surface area contributed by atoms with Crippen LogP contribution in [0.2, 0.25) is 0 Å². The Morgan fingerprint density at radius 3 is 2.25 bits per heavy atom. The summed E-state index contributed by atoms with van der Waals surface area (Å²) in [6.45, 7) is 1.81. The minimum atomic E-state index is -1.36. The second-order valence-corrected chi connectivity index (χ2v) is 5.30. The van der Waals surface area contributed by atoms with E-state index in [1.54, 1.807) is 18.2 Å². The lowest BCUT2D eigenvalue weighted by Crippen LogP contribution is -2.46. The van der Waals surface area contributed by atoms with Gasteiger partial charge in [0.15, 0.2) is 0 Å². The molecule has 2 rings (SSSR count). The number of hydrogen-bond acceptors (Lipinski definition) is 2. The summed E-state index contributed by atoms with van der Waals surface area (Å²) in [5, 5.41) is 2.19. The zero-order valence-electron chi connectivity index (χ0n) is 12.8. The number of aryl methyl sites for hydroxylation is 1. The third-order valence-electron chi connectivity index (χ3n) is 3.57. The normalized spacial score (nSPS) is 11.8. The summed E-state index contributed by atoms with van der Waals surface area (Å²) in [5.41, 5.74) is 5.92. The predicted octanol–water partition coefficient (Wildman–Crippen LogP) is 2.24. The first-order chi connectivity index (χ1) is 11.3. The lowest BCUT2D eigenvalue weighted by Gasteiger charge is -2.17. The van der Waals surface area contributed by atoms with Gasteiger partial charge >= 0.3 is 0 Å². The molecule has 4 nitrogen and oxygen atoms in total. The molecule has 0 radical (unpaired) electrons. The molecule has 0 spiro atoms. The second-order valence-electron chi connectivity index (χ2n) is 5.30. The van der Waals surface area contributed by atoms with Gasteiger partial charge in [-0.05, 0) is 18.1 Å². The van der Waals surface area contributed by atoms with E-state index >= 15 is 0 Å². The number of nitrogens with two attached hydrogens (primary N) is 1. The molecule has 2 aromatic carbocycles. The van der Waals surface area contributed by atoms with Crippen LogP contribution in [-0.4, -0.2) is 17.9 Å². The largest absolute Gasteiger partial charge is 0.368 e. The highest BCUT2D eigenvalue weighted by atomic mass is 19.1. The maximum absolute atomic E-state index is 13.6. The quantitative estimate of drug-likeness (QED) is 0.879. The molecule has 0 aliphatic rings. The van der Waals surface area contributed by atoms with E-state index in [0.29, 0.717) is 12.1 Å². The Hall–Kier alpha value is -2.83. The molecule has 126 valence electrons. The van der Waals surface area contributed by atoms with Crippen molar-refractivity contribution in [2.24, 2.45) is 5.73 Å². The monoisotopic (exact) mass is 336 g/mol. The van der Waals surface area contributed by atoms with Gasteiger partial charge in [-0.2, -0.15) is 0 Å². The molecule has 0 saturated carbocycles. The second kappa shape index (κ2) is 7.16. The molecule has 24 heavy (non-hydrogen) atoms. The number of nitrogens with one attached hydrogen (secondary N) is 1. The molecule has 0 aromatic heterocycles. The van der Waals surface area contributed by atoms with E-state index in [-0.39, 0.29) is 6.42 Å². The fourth-order valence-corrected chi connectivity index (χ4v) is 2.27. The van der Waals surface area contributed by atoms with Gasteiger partial charge in [0.05, 0.1) is 0 Å². The van der Waals surface area contributed by atoms with E-state index in [2.05, 4.69) is 5.32 Å². The summed E-state index contributed by atoms with van der Waals surface area (Å²) in [6.07, 6.45) is 0.0676. The van der Waals surface area contributed by atoms with E-state index < -0.39 is 40.9 Å². The Morgan fingerprint density at radius 1 is 1.12 bits per heavy atom. The van der Waals surface area contributed by atoms with Gasteiger partial charge in [-0.25, -0.2) is 13.2 Å². The van der Waals surface area contributed by atoms with Gasteiger partial charge in [0.1, 0.15) is 29.1 Å². The Bertz CT molecular complexity index is 770. The minimum absolute atomic E-state index is 0.0676. The Balaban J connectivity index is 2.24. The van der Waals surface area contributed by atoms with E-state index in [4.69, 9.17) is 5.73 Å². The molecule has 0 aliphatic heterocycles. The number of hydrogen-bond donors (Lipinski definition) is 2. The van der Waals surface area contributed by atoms with Crippen molar-refractivity contribution in [2.75, 3.05) is 0 Å². The van der Waals surface area contributed by atoms with Crippen molar-refractivity contribution in [2.45, 2.75) is 19.4 Å². The molecule has 3 N–H and O–H groups in total. The van der Waals surface area contributed by atoms with Gasteiger partial charge in [-0.15, -0.1) is 0 Å².